The monoisotopic (exact) mass is 426 g/mol. The molecule has 0 aromatic heterocycles. The Labute approximate surface area is 185 Å². The number of rotatable bonds is 14. The van der Waals surface area contributed by atoms with Gasteiger partial charge >= 0.3 is 0 Å². The third-order valence-corrected chi connectivity index (χ3v) is 4.97. The molecule has 0 aliphatic carbocycles. The largest absolute Gasteiger partial charge is 0.504 e. The summed E-state index contributed by atoms with van der Waals surface area (Å²) in [5.41, 5.74) is 3.68. The summed E-state index contributed by atoms with van der Waals surface area (Å²) < 4.78 is 10.8. The molecule has 2 aromatic rings. The second-order valence-electron chi connectivity index (χ2n) is 7.48. The zero-order valence-corrected chi connectivity index (χ0v) is 18.6. The van der Waals surface area contributed by atoms with Crippen LogP contribution in [0.1, 0.15) is 74.2 Å². The highest BCUT2D eigenvalue weighted by Gasteiger charge is 2.05. The maximum atomic E-state index is 12.2. The van der Waals surface area contributed by atoms with Crippen molar-refractivity contribution in [2.24, 2.45) is 5.10 Å². The van der Waals surface area contributed by atoms with Crippen LogP contribution in [0.15, 0.2) is 47.6 Å². The molecule has 168 valence electrons. The molecule has 0 saturated carbocycles. The minimum absolute atomic E-state index is 0.0494. The third-order valence-electron chi connectivity index (χ3n) is 4.97. The predicted octanol–water partition coefficient (Wildman–Crippen LogP) is 5.68. The third kappa shape index (κ3) is 9.11. The number of methoxy groups -OCH3 is 1. The fourth-order valence-electron chi connectivity index (χ4n) is 3.13. The van der Waals surface area contributed by atoms with E-state index < -0.39 is 0 Å². The molecule has 1 amide bonds. The Hall–Kier alpha value is -3.02. The van der Waals surface area contributed by atoms with Crippen LogP contribution in [0, 0.1) is 0 Å². The molecule has 0 heterocycles. The van der Waals surface area contributed by atoms with Crippen LogP contribution >= 0.6 is 0 Å². The number of unbranched alkanes of at least 4 members (excludes halogenated alkanes) is 7. The molecule has 0 aliphatic heterocycles. The number of carbonyl (C=O) groups excluding carboxylic acids is 1. The van der Waals surface area contributed by atoms with Gasteiger partial charge in [0, 0.05) is 5.56 Å². The maximum absolute atomic E-state index is 12.2. The number of benzene rings is 2. The average molecular weight is 427 g/mol. The molecular weight excluding hydrogens is 392 g/mol. The molecule has 0 bridgehead atoms. The lowest BCUT2D eigenvalue weighted by molar-refractivity contribution is 0.0955. The second-order valence-corrected chi connectivity index (χ2v) is 7.48. The normalized spacial score (nSPS) is 10.9. The van der Waals surface area contributed by atoms with Gasteiger partial charge in [-0.15, -0.1) is 0 Å². The van der Waals surface area contributed by atoms with Crippen molar-refractivity contribution in [3.05, 3.63) is 53.6 Å². The van der Waals surface area contributed by atoms with E-state index in [-0.39, 0.29) is 11.7 Å². The van der Waals surface area contributed by atoms with Gasteiger partial charge in [-0.05, 0) is 54.4 Å². The summed E-state index contributed by atoms with van der Waals surface area (Å²) in [6.07, 6.45) is 11.6. The Kier molecular flexibility index (Phi) is 11.0. The van der Waals surface area contributed by atoms with Crippen LogP contribution in [0.3, 0.4) is 0 Å². The van der Waals surface area contributed by atoms with Crippen molar-refractivity contribution in [3.63, 3.8) is 0 Å². The number of hydrogen-bond acceptors (Lipinski definition) is 5. The standard InChI is InChI=1S/C25H34N2O4/c1-3-4-5-6-7-8-9-10-17-31-22-14-12-21(13-15-22)25(29)27-26-19-20-11-16-23(28)24(18-20)30-2/h11-16,18-19,28H,3-10,17H2,1-2H3,(H,27,29)/b26-19+. The van der Waals surface area contributed by atoms with Crippen molar-refractivity contribution >= 4 is 12.1 Å². The van der Waals surface area contributed by atoms with Gasteiger partial charge in [0.15, 0.2) is 11.5 Å². The molecule has 6 heteroatoms. The van der Waals surface area contributed by atoms with E-state index in [2.05, 4.69) is 17.5 Å². The first kappa shape index (κ1) is 24.3. The van der Waals surface area contributed by atoms with E-state index in [1.807, 2.05) is 0 Å². The minimum atomic E-state index is -0.309. The molecule has 2 aromatic carbocycles. The number of carbonyl (C=O) groups is 1. The number of amides is 1. The van der Waals surface area contributed by atoms with Gasteiger partial charge < -0.3 is 14.6 Å². The highest BCUT2D eigenvalue weighted by Crippen LogP contribution is 2.25. The van der Waals surface area contributed by atoms with Crippen molar-refractivity contribution in [1.29, 1.82) is 0 Å². The van der Waals surface area contributed by atoms with Crippen LogP contribution in [0.4, 0.5) is 0 Å². The Morgan fingerprint density at radius 3 is 2.35 bits per heavy atom. The number of nitrogens with zero attached hydrogens (tertiary/aromatic N) is 1. The van der Waals surface area contributed by atoms with Crippen molar-refractivity contribution in [2.45, 2.75) is 58.3 Å². The van der Waals surface area contributed by atoms with E-state index in [9.17, 15) is 9.90 Å². The summed E-state index contributed by atoms with van der Waals surface area (Å²) in [5, 5.41) is 13.6. The van der Waals surface area contributed by atoms with E-state index in [0.29, 0.717) is 23.5 Å². The molecular formula is C25H34N2O4. The number of nitrogens with one attached hydrogen (secondary N) is 1. The van der Waals surface area contributed by atoms with Crippen LogP contribution in [0.5, 0.6) is 17.2 Å². The summed E-state index contributed by atoms with van der Waals surface area (Å²) >= 11 is 0. The molecule has 0 aliphatic rings. The molecule has 0 fully saturated rings. The van der Waals surface area contributed by atoms with E-state index in [0.717, 1.165) is 12.2 Å². The van der Waals surface area contributed by atoms with Gasteiger partial charge in [0.25, 0.3) is 5.91 Å². The Bertz CT molecular complexity index is 819. The zero-order chi connectivity index (χ0) is 22.3. The first-order chi connectivity index (χ1) is 15.1. The zero-order valence-electron chi connectivity index (χ0n) is 18.6. The molecule has 0 saturated heterocycles. The first-order valence-electron chi connectivity index (χ1n) is 11.1. The summed E-state index contributed by atoms with van der Waals surface area (Å²) in [7, 11) is 1.47. The van der Waals surface area contributed by atoms with Gasteiger partial charge in [-0.3, -0.25) is 4.79 Å². The van der Waals surface area contributed by atoms with Crippen LogP contribution in [-0.4, -0.2) is 30.9 Å². The summed E-state index contributed by atoms with van der Waals surface area (Å²) in [5.74, 6) is 0.849. The van der Waals surface area contributed by atoms with Crippen molar-refractivity contribution in [1.82, 2.24) is 5.43 Å². The smallest absolute Gasteiger partial charge is 0.271 e. The van der Waals surface area contributed by atoms with Crippen LogP contribution < -0.4 is 14.9 Å². The van der Waals surface area contributed by atoms with E-state index in [4.69, 9.17) is 9.47 Å². The van der Waals surface area contributed by atoms with E-state index in [1.54, 1.807) is 36.4 Å². The molecule has 2 rings (SSSR count). The highest BCUT2D eigenvalue weighted by molar-refractivity contribution is 5.95. The van der Waals surface area contributed by atoms with Gasteiger partial charge in [0.2, 0.25) is 0 Å². The molecule has 0 spiro atoms. The van der Waals surface area contributed by atoms with Crippen LogP contribution in [-0.2, 0) is 0 Å². The molecule has 31 heavy (non-hydrogen) atoms. The summed E-state index contributed by atoms with van der Waals surface area (Å²) in [6, 6.07) is 11.8. The van der Waals surface area contributed by atoms with Gasteiger partial charge in [0.1, 0.15) is 5.75 Å². The summed E-state index contributed by atoms with van der Waals surface area (Å²) in [4.78, 5) is 12.2. The van der Waals surface area contributed by atoms with E-state index >= 15 is 0 Å². The van der Waals surface area contributed by atoms with E-state index in [1.165, 1.54) is 64.3 Å². The van der Waals surface area contributed by atoms with Crippen LogP contribution in [0.2, 0.25) is 0 Å². The topological polar surface area (TPSA) is 80.2 Å². The lowest BCUT2D eigenvalue weighted by Crippen LogP contribution is -2.17. The SMILES string of the molecule is CCCCCCCCCCOc1ccc(C(=O)N/N=C/c2ccc(O)c(OC)c2)cc1. The summed E-state index contributed by atoms with van der Waals surface area (Å²) in [6.45, 7) is 2.93. The van der Waals surface area contributed by atoms with Gasteiger partial charge in [-0.2, -0.15) is 5.10 Å². The Morgan fingerprint density at radius 2 is 1.68 bits per heavy atom. The number of phenols is 1. The number of hydrazone groups is 1. The molecule has 0 unspecified atom stereocenters. The predicted molar refractivity (Wildman–Crippen MR) is 124 cm³/mol. The number of aromatic hydroxyl groups is 1. The number of phenolic OH excluding ortho intramolecular Hbond substituents is 1. The number of hydrogen-bond donors (Lipinski definition) is 2. The maximum Gasteiger partial charge on any atom is 0.271 e. The number of ether oxygens (including phenoxy) is 2. The fourth-order valence-corrected chi connectivity index (χ4v) is 3.13. The molecule has 0 atom stereocenters. The molecule has 0 radical (unpaired) electrons. The van der Waals surface area contributed by atoms with Gasteiger partial charge in [0.05, 0.1) is 19.9 Å². The van der Waals surface area contributed by atoms with Crippen molar-refractivity contribution in [3.8, 4) is 17.2 Å². The average Bonchev–Trinajstić information content (AvgIpc) is 2.79. The minimum Gasteiger partial charge on any atom is -0.504 e. The Balaban J connectivity index is 1.68. The van der Waals surface area contributed by atoms with Crippen LogP contribution in [0.25, 0.3) is 0 Å². The van der Waals surface area contributed by atoms with Crippen molar-refractivity contribution in [2.75, 3.05) is 13.7 Å². The molecule has 2 N–H and O–H groups in total. The second kappa shape index (κ2) is 14.1. The lowest BCUT2D eigenvalue weighted by atomic mass is 10.1. The first-order valence-corrected chi connectivity index (χ1v) is 11.1. The quantitative estimate of drug-likeness (QED) is 0.231. The lowest BCUT2D eigenvalue weighted by Gasteiger charge is -2.07. The fraction of sp³-hybridized carbons (Fsp3) is 0.440. The van der Waals surface area contributed by atoms with Gasteiger partial charge in [-0.1, -0.05) is 51.9 Å². The molecule has 6 nitrogen and oxygen atoms in total. The highest BCUT2D eigenvalue weighted by atomic mass is 16.5. The van der Waals surface area contributed by atoms with Gasteiger partial charge in [-0.25, -0.2) is 5.43 Å². The van der Waals surface area contributed by atoms with Crippen molar-refractivity contribution < 1.29 is 19.4 Å². The Morgan fingerprint density at radius 1 is 1.00 bits per heavy atom.